The van der Waals surface area contributed by atoms with Gasteiger partial charge in [0.1, 0.15) is 55.1 Å². The van der Waals surface area contributed by atoms with E-state index < -0.39 is 37.8 Å². The van der Waals surface area contributed by atoms with Crippen molar-refractivity contribution in [3.63, 3.8) is 0 Å². The van der Waals surface area contributed by atoms with Crippen LogP contribution in [0.2, 0.25) is 38.3 Å². The van der Waals surface area contributed by atoms with E-state index in [1.807, 2.05) is 30.3 Å². The predicted molar refractivity (Wildman–Crippen MR) is 366 cm³/mol. The number of benzene rings is 8. The summed E-state index contributed by atoms with van der Waals surface area (Å²) in [5.41, 5.74) is 21.6. The highest BCUT2D eigenvalue weighted by Gasteiger charge is 2.59. The molecule has 0 amide bonds. The number of aryl methyl sites for hydroxylation is 1. The van der Waals surface area contributed by atoms with E-state index in [0.717, 1.165) is 117 Å². The van der Waals surface area contributed by atoms with Crippen molar-refractivity contribution in [2.75, 3.05) is 0 Å². The second-order valence-electron chi connectivity index (χ2n) is 25.9. The third-order valence-electron chi connectivity index (χ3n) is 19.1. The molecule has 6 aliphatic rings. The number of nitrogens with zero attached hydrogens (tertiary/aromatic N) is 4. The smallest absolute Gasteiger partial charge is 0.132 e. The molecule has 1 aromatic heterocycles. The van der Waals surface area contributed by atoms with Crippen molar-refractivity contribution >= 4 is 16.1 Å². The first kappa shape index (κ1) is 59.1. The monoisotopic (exact) mass is 1200 g/mol. The van der Waals surface area contributed by atoms with Crippen LogP contribution in [0.5, 0.6) is 11.5 Å². The molecule has 0 fully saturated rings. The van der Waals surface area contributed by atoms with Gasteiger partial charge in [0.05, 0.1) is 23.5 Å². The van der Waals surface area contributed by atoms with E-state index in [2.05, 4.69) is 237 Å². The van der Waals surface area contributed by atoms with E-state index in [4.69, 9.17) is 9.97 Å². The average molecular weight is 1200 g/mol. The van der Waals surface area contributed by atoms with Crippen LogP contribution in [0.3, 0.4) is 0 Å². The van der Waals surface area contributed by atoms with Crippen LogP contribution in [0.15, 0.2) is 188 Å². The minimum atomic E-state index is -2.04. The van der Waals surface area contributed by atoms with Gasteiger partial charge in [-0.2, -0.15) is 10.5 Å². The van der Waals surface area contributed by atoms with Crippen molar-refractivity contribution in [1.29, 1.82) is 10.5 Å². The number of aromatic hydroxyl groups is 2. The Bertz CT molecular complexity index is 4210. The predicted octanol–water partition coefficient (Wildman–Crippen LogP) is 17.1. The van der Waals surface area contributed by atoms with Crippen LogP contribution >= 0.6 is 0 Å². The van der Waals surface area contributed by atoms with Gasteiger partial charge >= 0.3 is 0 Å². The third-order valence-corrected chi connectivity index (χ3v) is 23.9. The summed E-state index contributed by atoms with van der Waals surface area (Å²) >= 11 is 0. The molecule has 15 rings (SSSR count). The maximum atomic E-state index is 12.0. The molecule has 0 saturated carbocycles. The second-order valence-corrected chi connectivity index (χ2v) is 34.9. The highest BCUT2D eigenvalue weighted by atomic mass is 28.3. The van der Waals surface area contributed by atoms with Gasteiger partial charge in [0.15, 0.2) is 0 Å². The molecular formula is C82H70N4O2Si2. The zero-order valence-corrected chi connectivity index (χ0v) is 53.9. The van der Waals surface area contributed by atoms with Gasteiger partial charge in [-0.1, -0.05) is 233 Å². The molecule has 0 radical (unpaired) electrons. The fourth-order valence-corrected chi connectivity index (χ4v) is 18.2. The lowest BCUT2D eigenvalue weighted by Gasteiger charge is -2.52. The summed E-state index contributed by atoms with van der Waals surface area (Å²) in [6, 6.07) is 71.5. The second kappa shape index (κ2) is 23.6. The Labute approximate surface area is 532 Å². The SMILES string of the molecule is CCCCCCc1nc(-c2cc(C#CC34c5ccccc5C(C#C[Si](C)(C)CCCC#N)(c5ccccc53)c3ccccc34)ccc2O)cc(-c2cc(C#CC34c5ccccc5C(C#C[Si](C)(C)CCCC#N)(c5ccccc53)c3ccccc34)ccc2O)n1. The molecule has 0 unspecified atom stereocenters. The van der Waals surface area contributed by atoms with Crippen molar-refractivity contribution in [3.05, 3.63) is 272 Å². The topological polar surface area (TPSA) is 114 Å². The Morgan fingerprint density at radius 1 is 0.389 bits per heavy atom. The Hall–Kier alpha value is -9.91. The molecule has 8 aromatic carbocycles. The van der Waals surface area contributed by atoms with Crippen molar-refractivity contribution < 1.29 is 10.2 Å². The number of aromatic nitrogens is 2. The normalized spacial score (nSPS) is 18.9. The van der Waals surface area contributed by atoms with Crippen molar-refractivity contribution in [3.8, 4) is 92.8 Å². The van der Waals surface area contributed by atoms with E-state index in [0.29, 0.717) is 58.7 Å². The van der Waals surface area contributed by atoms with E-state index in [1.54, 1.807) is 12.1 Å². The van der Waals surface area contributed by atoms with E-state index in [-0.39, 0.29) is 11.5 Å². The summed E-state index contributed by atoms with van der Waals surface area (Å²) in [6.07, 6.45) is 7.47. The minimum absolute atomic E-state index is 0.0550. The molecule has 0 spiro atoms. The lowest BCUT2D eigenvalue weighted by atomic mass is 9.47. The quantitative estimate of drug-likeness (QED) is 0.0675. The van der Waals surface area contributed by atoms with Crippen LogP contribution in [0, 0.1) is 69.3 Å². The number of hydrogen-bond donors (Lipinski definition) is 2. The minimum Gasteiger partial charge on any atom is -0.507 e. The molecule has 6 aliphatic carbocycles. The Balaban J connectivity index is 0.912. The van der Waals surface area contributed by atoms with Gasteiger partial charge in [-0.25, -0.2) is 9.97 Å². The summed E-state index contributed by atoms with van der Waals surface area (Å²) in [4.78, 5) is 10.4. The largest absolute Gasteiger partial charge is 0.507 e. The number of phenolic OH excluding ortho intramolecular Hbond substituents is 2. The van der Waals surface area contributed by atoms with Gasteiger partial charge in [-0.05, 0) is 141 Å². The summed E-state index contributed by atoms with van der Waals surface area (Å²) in [7, 11) is -4.08. The highest BCUT2D eigenvalue weighted by Crippen LogP contribution is 2.63. The van der Waals surface area contributed by atoms with Gasteiger partial charge in [0, 0.05) is 41.5 Å². The number of rotatable bonds is 13. The fraction of sp³-hybridized carbons (Fsp3) is 0.244. The molecule has 90 heavy (non-hydrogen) atoms. The van der Waals surface area contributed by atoms with Crippen LogP contribution in [-0.4, -0.2) is 36.3 Å². The maximum Gasteiger partial charge on any atom is 0.132 e. The zero-order chi connectivity index (χ0) is 62.3. The number of phenols is 2. The van der Waals surface area contributed by atoms with E-state index >= 15 is 0 Å². The maximum absolute atomic E-state index is 12.0. The van der Waals surface area contributed by atoms with Crippen LogP contribution in [0.4, 0.5) is 0 Å². The molecular weight excluding hydrogens is 1130 g/mol. The first-order valence-electron chi connectivity index (χ1n) is 31.8. The Morgan fingerprint density at radius 3 is 1.00 bits per heavy atom. The Kier molecular flexibility index (Phi) is 15.5. The van der Waals surface area contributed by atoms with Crippen molar-refractivity contribution in [1.82, 2.24) is 9.97 Å². The van der Waals surface area contributed by atoms with Crippen LogP contribution in [-0.2, 0) is 28.1 Å². The molecule has 0 saturated heterocycles. The van der Waals surface area contributed by atoms with Gasteiger partial charge in [0.25, 0.3) is 0 Å². The third kappa shape index (κ3) is 9.76. The number of nitriles is 2. The standard InChI is InChI=1S/C82H70N4O2Si2/c1-6-7-8-9-38-78-85-74(60-55-58(39-41-76(60)87)43-45-79-62-26-10-16-32-68(62)81(69-33-17-11-27-63(69)79,70-34-18-12-28-64(70)79)47-53-89(2,3)51-24-22-49-83)57-75(86-78)61-56-59(40-42-77(61)88)44-46-80-65-29-13-19-35-71(65)82(72-36-20-14-30-66(72)80,73-37-21-15-31-67(73)80)48-54-90(4,5)52-25-23-50-84/h10-21,26-37,39-42,55-57,87-88H,6-9,22-25,38,51-52H2,1-5H3. The van der Waals surface area contributed by atoms with Crippen LogP contribution in [0.1, 0.15) is 142 Å². The van der Waals surface area contributed by atoms with E-state index in [9.17, 15) is 20.7 Å². The van der Waals surface area contributed by atoms with Gasteiger partial charge in [-0.15, -0.1) is 11.1 Å². The molecule has 6 nitrogen and oxygen atoms in total. The lowest BCUT2D eigenvalue weighted by molar-refractivity contribution is 0.477. The molecule has 2 N–H and O–H groups in total. The molecule has 0 aliphatic heterocycles. The molecule has 1 heterocycles. The summed E-state index contributed by atoms with van der Waals surface area (Å²) in [5, 5.41) is 42.7. The van der Waals surface area contributed by atoms with Gasteiger partial charge < -0.3 is 10.2 Å². The lowest BCUT2D eigenvalue weighted by Crippen LogP contribution is -2.50. The molecule has 4 bridgehead atoms. The molecule has 438 valence electrons. The van der Waals surface area contributed by atoms with Gasteiger partial charge in [0.2, 0.25) is 0 Å². The fourth-order valence-electron chi connectivity index (χ4n) is 14.8. The van der Waals surface area contributed by atoms with E-state index in [1.165, 1.54) is 0 Å². The first-order valence-corrected chi connectivity index (χ1v) is 38.2. The summed E-state index contributed by atoms with van der Waals surface area (Å²) in [6.45, 7) is 11.5. The van der Waals surface area contributed by atoms with Crippen LogP contribution in [0.25, 0.3) is 22.5 Å². The zero-order valence-electron chi connectivity index (χ0n) is 51.9. The molecule has 0 atom stereocenters. The average Bonchev–Trinajstić information content (AvgIpc) is 0.670. The van der Waals surface area contributed by atoms with Crippen LogP contribution < -0.4 is 0 Å². The molecule has 9 aromatic rings. The summed E-state index contributed by atoms with van der Waals surface area (Å²) < 4.78 is 0. The number of unbranched alkanes of at least 4 members (excludes halogenated alkanes) is 5. The summed E-state index contributed by atoms with van der Waals surface area (Å²) in [5.74, 6) is 23.9. The van der Waals surface area contributed by atoms with Crippen molar-refractivity contribution in [2.24, 2.45) is 0 Å². The molecule has 8 heteroatoms. The van der Waals surface area contributed by atoms with Gasteiger partial charge in [-0.3, -0.25) is 0 Å². The van der Waals surface area contributed by atoms with Crippen molar-refractivity contribution in [2.45, 2.75) is 125 Å². The highest BCUT2D eigenvalue weighted by molar-refractivity contribution is 6.85. The number of hydrogen-bond acceptors (Lipinski definition) is 6. The Morgan fingerprint density at radius 2 is 0.700 bits per heavy atom. The first-order chi connectivity index (χ1) is 43.7.